The molecule has 0 bridgehead atoms. The van der Waals surface area contributed by atoms with E-state index in [2.05, 4.69) is 40.8 Å². The highest BCUT2D eigenvalue weighted by Crippen LogP contribution is 2.34. The summed E-state index contributed by atoms with van der Waals surface area (Å²) in [4.78, 5) is 23.5. The molecular weight excluding hydrogens is 510 g/mol. The summed E-state index contributed by atoms with van der Waals surface area (Å²) in [7, 11) is 2.04. The van der Waals surface area contributed by atoms with E-state index in [9.17, 15) is 9.90 Å². The molecule has 12 heteroatoms. The van der Waals surface area contributed by atoms with Gasteiger partial charge in [-0.15, -0.1) is 10.2 Å². The maximum Gasteiger partial charge on any atom is 0.248 e. The van der Waals surface area contributed by atoms with Crippen molar-refractivity contribution in [2.75, 3.05) is 24.2 Å². The first-order chi connectivity index (χ1) is 19.4. The average Bonchev–Trinajstić information content (AvgIpc) is 3.58. The first-order valence-electron chi connectivity index (χ1n) is 12.8. The number of anilines is 3. The van der Waals surface area contributed by atoms with Crippen molar-refractivity contribution < 1.29 is 14.6 Å². The zero-order valence-corrected chi connectivity index (χ0v) is 21.9. The lowest BCUT2D eigenvalue weighted by Gasteiger charge is -2.15. The minimum absolute atomic E-state index is 0.0759. The standard InChI is InChI=1S/C28H27N9O3/c1-17-10-18(5-7-25(17)40-20-11-26-35-31-16-37(26)32-14-20)33-28-21-12-23(24(38)13-22(21)29-15-30-28)34-27(39)8-6-19-4-3-9-36(19)2/h5-8,10-16,19,38H,3-4,9H2,1-2H3,(H,34,39)(H,29,30,33)/b8-6+/t19-/m1/s1. The molecule has 1 amide bonds. The number of nitrogens with one attached hydrogen (secondary N) is 2. The molecule has 0 aliphatic carbocycles. The molecule has 0 unspecified atom stereocenters. The zero-order chi connectivity index (χ0) is 27.6. The molecule has 1 fully saturated rings. The van der Waals surface area contributed by atoms with Gasteiger partial charge in [-0.05, 0) is 63.2 Å². The van der Waals surface area contributed by atoms with Crippen LogP contribution in [-0.4, -0.2) is 65.3 Å². The fourth-order valence-electron chi connectivity index (χ4n) is 4.71. The zero-order valence-electron chi connectivity index (χ0n) is 21.9. The third-order valence-corrected chi connectivity index (χ3v) is 6.86. The van der Waals surface area contributed by atoms with Crippen LogP contribution in [0.2, 0.25) is 0 Å². The number of amides is 1. The SMILES string of the molecule is Cc1cc(Nc2ncnc3cc(O)c(NC(=O)/C=C/[C@H]4CCCN4C)cc23)ccc1Oc1cnn2cnnc2c1. The van der Waals surface area contributed by atoms with E-state index in [4.69, 9.17) is 4.74 Å². The second kappa shape index (κ2) is 10.6. The molecule has 0 saturated carbocycles. The molecule has 3 N–H and O–H groups in total. The smallest absolute Gasteiger partial charge is 0.248 e. The van der Waals surface area contributed by atoms with Gasteiger partial charge in [-0.3, -0.25) is 9.69 Å². The monoisotopic (exact) mass is 537 g/mol. The minimum atomic E-state index is -0.314. The lowest BCUT2D eigenvalue weighted by Crippen LogP contribution is -2.23. The predicted molar refractivity (Wildman–Crippen MR) is 150 cm³/mol. The summed E-state index contributed by atoms with van der Waals surface area (Å²) in [6.45, 7) is 2.95. The number of rotatable bonds is 7. The van der Waals surface area contributed by atoms with Gasteiger partial charge in [-0.2, -0.15) is 5.10 Å². The Balaban J connectivity index is 1.20. The van der Waals surface area contributed by atoms with Crippen LogP contribution in [0.3, 0.4) is 0 Å². The van der Waals surface area contributed by atoms with Gasteiger partial charge in [-0.25, -0.2) is 14.5 Å². The van der Waals surface area contributed by atoms with E-state index >= 15 is 0 Å². The molecule has 0 radical (unpaired) electrons. The summed E-state index contributed by atoms with van der Waals surface area (Å²) < 4.78 is 7.57. The molecule has 5 aromatic rings. The van der Waals surface area contributed by atoms with Crippen LogP contribution in [0.4, 0.5) is 17.2 Å². The molecule has 1 saturated heterocycles. The van der Waals surface area contributed by atoms with Crippen molar-refractivity contribution in [2.45, 2.75) is 25.8 Å². The molecule has 12 nitrogen and oxygen atoms in total. The number of aromatic nitrogens is 6. The van der Waals surface area contributed by atoms with Gasteiger partial charge in [0.2, 0.25) is 5.91 Å². The first kappa shape index (κ1) is 25.2. The summed E-state index contributed by atoms with van der Waals surface area (Å²) >= 11 is 0. The second-order valence-electron chi connectivity index (χ2n) is 9.68. The Bertz CT molecular complexity index is 1750. The topological polar surface area (TPSA) is 143 Å². The van der Waals surface area contributed by atoms with E-state index in [0.717, 1.165) is 30.6 Å². The van der Waals surface area contributed by atoms with Gasteiger partial charge in [0, 0.05) is 35.3 Å². The van der Waals surface area contributed by atoms with Crippen LogP contribution in [0.1, 0.15) is 18.4 Å². The Morgan fingerprint density at radius 3 is 2.92 bits per heavy atom. The fourth-order valence-corrected chi connectivity index (χ4v) is 4.71. The number of hydrogen-bond acceptors (Lipinski definition) is 10. The van der Waals surface area contributed by atoms with Crippen molar-refractivity contribution in [1.82, 2.24) is 34.7 Å². The largest absolute Gasteiger partial charge is 0.506 e. The number of nitrogens with zero attached hydrogens (tertiary/aromatic N) is 7. The van der Waals surface area contributed by atoms with Crippen LogP contribution >= 0.6 is 0 Å². The molecule has 40 heavy (non-hydrogen) atoms. The normalized spacial score (nSPS) is 15.7. The van der Waals surface area contributed by atoms with Gasteiger partial charge in [-0.1, -0.05) is 6.08 Å². The number of aromatic hydroxyl groups is 1. The maximum atomic E-state index is 12.6. The first-order valence-corrected chi connectivity index (χ1v) is 12.8. The number of phenolic OH excluding ortho intramolecular Hbond substituents is 1. The molecule has 3 aromatic heterocycles. The van der Waals surface area contributed by atoms with Crippen molar-refractivity contribution in [3.63, 3.8) is 0 Å². The number of fused-ring (bicyclic) bond motifs is 2. The molecule has 6 rings (SSSR count). The predicted octanol–water partition coefficient (Wildman–Crippen LogP) is 4.21. The van der Waals surface area contributed by atoms with Gasteiger partial charge in [0.05, 0.1) is 17.4 Å². The third kappa shape index (κ3) is 5.24. The van der Waals surface area contributed by atoms with Gasteiger partial charge >= 0.3 is 0 Å². The number of carbonyl (C=O) groups is 1. The van der Waals surface area contributed by atoms with Gasteiger partial charge < -0.3 is 20.5 Å². The average molecular weight is 538 g/mol. The number of likely N-dealkylation sites (tertiary alicyclic amines) is 1. The lowest BCUT2D eigenvalue weighted by molar-refractivity contribution is -0.112. The van der Waals surface area contributed by atoms with E-state index in [0.29, 0.717) is 33.9 Å². The quantitative estimate of drug-likeness (QED) is 0.204. The molecule has 202 valence electrons. The van der Waals surface area contributed by atoms with Crippen LogP contribution < -0.4 is 15.4 Å². The van der Waals surface area contributed by atoms with E-state index < -0.39 is 0 Å². The van der Waals surface area contributed by atoms with E-state index in [1.54, 1.807) is 22.8 Å². The molecule has 2 aromatic carbocycles. The summed E-state index contributed by atoms with van der Waals surface area (Å²) in [5.74, 6) is 1.35. The van der Waals surface area contributed by atoms with Crippen LogP contribution in [-0.2, 0) is 4.79 Å². The molecule has 1 aliphatic rings. The Kier molecular flexibility index (Phi) is 6.66. The van der Waals surface area contributed by atoms with Gasteiger partial charge in [0.25, 0.3) is 0 Å². The Labute approximate surface area is 229 Å². The summed E-state index contributed by atoms with van der Waals surface area (Å²) in [6.07, 6.45) is 10.1. The minimum Gasteiger partial charge on any atom is -0.506 e. The maximum absolute atomic E-state index is 12.6. The lowest BCUT2D eigenvalue weighted by atomic mass is 10.1. The number of phenols is 1. The van der Waals surface area contributed by atoms with Crippen LogP contribution in [0.25, 0.3) is 16.6 Å². The second-order valence-corrected chi connectivity index (χ2v) is 9.68. The van der Waals surface area contributed by atoms with E-state index in [1.165, 1.54) is 24.8 Å². The van der Waals surface area contributed by atoms with Gasteiger partial charge in [0.1, 0.15) is 30.0 Å². The summed E-state index contributed by atoms with van der Waals surface area (Å²) in [6, 6.07) is 10.8. The van der Waals surface area contributed by atoms with Crippen molar-refractivity contribution in [1.29, 1.82) is 0 Å². The summed E-state index contributed by atoms with van der Waals surface area (Å²) in [5, 5.41) is 29.3. The summed E-state index contributed by atoms with van der Waals surface area (Å²) in [5.41, 5.74) is 3.05. The van der Waals surface area contributed by atoms with Crippen LogP contribution in [0.15, 0.2) is 67.4 Å². The Morgan fingerprint density at radius 1 is 1.20 bits per heavy atom. The number of aryl methyl sites for hydroxylation is 1. The molecule has 1 aliphatic heterocycles. The van der Waals surface area contributed by atoms with E-state index in [1.807, 2.05) is 38.2 Å². The molecule has 1 atom stereocenters. The number of likely N-dealkylation sites (N-methyl/N-ethyl adjacent to an activating group) is 1. The number of hydrogen-bond donors (Lipinski definition) is 3. The Morgan fingerprint density at radius 2 is 2.10 bits per heavy atom. The van der Waals surface area contributed by atoms with Gasteiger partial charge in [0.15, 0.2) is 11.4 Å². The molecule has 0 spiro atoms. The number of benzene rings is 2. The highest BCUT2D eigenvalue weighted by molar-refractivity contribution is 6.03. The van der Waals surface area contributed by atoms with Crippen LogP contribution in [0.5, 0.6) is 17.2 Å². The van der Waals surface area contributed by atoms with E-state index in [-0.39, 0.29) is 23.4 Å². The third-order valence-electron chi connectivity index (χ3n) is 6.86. The Hall–Kier alpha value is -5.10. The van der Waals surface area contributed by atoms with Crippen molar-refractivity contribution in [2.24, 2.45) is 0 Å². The van der Waals surface area contributed by atoms with Crippen molar-refractivity contribution in [3.8, 4) is 17.2 Å². The number of carbonyl (C=O) groups excluding carboxylic acids is 1. The fraction of sp³-hybridized carbons (Fsp3) is 0.214. The number of ether oxygens (including phenoxy) is 1. The van der Waals surface area contributed by atoms with Crippen molar-refractivity contribution in [3.05, 3.63) is 73.0 Å². The highest BCUT2D eigenvalue weighted by atomic mass is 16.5. The van der Waals surface area contributed by atoms with Crippen LogP contribution in [0, 0.1) is 6.92 Å². The molecular formula is C28H27N9O3. The highest BCUT2D eigenvalue weighted by Gasteiger charge is 2.18. The molecule has 4 heterocycles. The van der Waals surface area contributed by atoms with Crippen molar-refractivity contribution >= 4 is 39.6 Å².